The van der Waals surface area contributed by atoms with Gasteiger partial charge in [-0.05, 0) is 56.5 Å². The summed E-state index contributed by atoms with van der Waals surface area (Å²) in [6.07, 6.45) is 0.719. The minimum absolute atomic E-state index is 0.210. The van der Waals surface area contributed by atoms with Crippen molar-refractivity contribution in [2.45, 2.75) is 34.1 Å². The number of hydrogen-bond donors (Lipinski definition) is 1. The van der Waals surface area contributed by atoms with Crippen LogP contribution in [-0.4, -0.2) is 22.8 Å². The van der Waals surface area contributed by atoms with Crippen LogP contribution in [0.25, 0.3) is 11.3 Å². The normalized spacial score (nSPS) is 13.6. The third kappa shape index (κ3) is 3.54. The van der Waals surface area contributed by atoms with Crippen molar-refractivity contribution >= 4 is 5.69 Å². The number of nitrogens with zero attached hydrogens (tertiary/aromatic N) is 2. The van der Waals surface area contributed by atoms with Crippen LogP contribution in [0.4, 0.5) is 5.69 Å². The summed E-state index contributed by atoms with van der Waals surface area (Å²) in [4.78, 5) is 20.8. The van der Waals surface area contributed by atoms with Crippen LogP contribution in [0.1, 0.15) is 29.2 Å². The van der Waals surface area contributed by atoms with Crippen molar-refractivity contribution in [3.05, 3.63) is 68.6 Å². The zero-order valence-corrected chi connectivity index (χ0v) is 18.1. The van der Waals surface area contributed by atoms with E-state index < -0.39 is 0 Å². The van der Waals surface area contributed by atoms with E-state index in [1.54, 1.807) is 11.6 Å². The van der Waals surface area contributed by atoms with Gasteiger partial charge >= 0.3 is 5.69 Å². The second-order valence-corrected chi connectivity index (χ2v) is 7.74. The molecule has 6 heteroatoms. The molecule has 1 aliphatic rings. The Morgan fingerprint density at radius 2 is 1.70 bits per heavy atom. The van der Waals surface area contributed by atoms with E-state index in [2.05, 4.69) is 44.8 Å². The maximum Gasteiger partial charge on any atom is 0.327 e. The van der Waals surface area contributed by atoms with E-state index in [9.17, 15) is 4.79 Å². The molecule has 3 aromatic rings. The van der Waals surface area contributed by atoms with E-state index in [-0.39, 0.29) is 5.69 Å². The van der Waals surface area contributed by atoms with Crippen LogP contribution < -0.4 is 20.7 Å². The fourth-order valence-electron chi connectivity index (χ4n) is 4.05. The molecular weight excluding hydrogens is 378 g/mol. The number of ether oxygens (including phenoxy) is 2. The molecule has 0 spiro atoms. The standard InChI is InChI=1S/C24H27N3O3/c1-6-18-22(17-7-8-19-20(13-17)30-10-9-29-19)26-24(28)27(5)23(18)25-21-15(3)11-14(2)12-16(21)4/h7-8,11-13H,6,9-10H2,1-5H3,(H,26,28). The lowest BCUT2D eigenvalue weighted by molar-refractivity contribution is 0.171. The highest BCUT2D eigenvalue weighted by atomic mass is 16.6. The molecule has 0 saturated heterocycles. The molecule has 0 radical (unpaired) electrons. The second-order valence-electron chi connectivity index (χ2n) is 7.74. The van der Waals surface area contributed by atoms with Gasteiger partial charge in [0.25, 0.3) is 0 Å². The van der Waals surface area contributed by atoms with Crippen LogP contribution in [0.3, 0.4) is 0 Å². The monoisotopic (exact) mass is 405 g/mol. The van der Waals surface area contributed by atoms with Crippen molar-refractivity contribution in [3.8, 4) is 22.8 Å². The Balaban J connectivity index is 1.98. The number of aryl methyl sites for hydroxylation is 3. The van der Waals surface area contributed by atoms with Crippen molar-refractivity contribution < 1.29 is 9.47 Å². The van der Waals surface area contributed by atoms with Gasteiger partial charge in [0.15, 0.2) is 11.5 Å². The molecule has 0 amide bonds. The first kappa shape index (κ1) is 20.0. The Morgan fingerprint density at radius 1 is 1.03 bits per heavy atom. The minimum Gasteiger partial charge on any atom is -0.486 e. The first-order valence-corrected chi connectivity index (χ1v) is 10.2. The Kier molecular flexibility index (Phi) is 5.24. The van der Waals surface area contributed by atoms with Crippen molar-refractivity contribution in [1.82, 2.24) is 9.55 Å². The third-order valence-corrected chi connectivity index (χ3v) is 5.46. The first-order chi connectivity index (χ1) is 14.4. The van der Waals surface area contributed by atoms with Crippen molar-refractivity contribution in [2.24, 2.45) is 12.0 Å². The quantitative estimate of drug-likeness (QED) is 0.719. The molecule has 0 atom stereocenters. The molecular formula is C24H27N3O3. The SMILES string of the molecule is CCc1c(-c2ccc3c(c2)OCCO3)[nH]c(=O)n(C)c1=Nc1c(C)cc(C)cc1C. The lowest BCUT2D eigenvalue weighted by Crippen LogP contribution is -2.36. The molecule has 6 nitrogen and oxygen atoms in total. The Bertz CT molecular complexity index is 1230. The number of aromatic amines is 1. The summed E-state index contributed by atoms with van der Waals surface area (Å²) in [5.41, 5.74) is 7.37. The number of hydrogen-bond acceptors (Lipinski definition) is 4. The molecule has 1 N–H and O–H groups in total. The Morgan fingerprint density at radius 3 is 2.37 bits per heavy atom. The number of nitrogens with one attached hydrogen (secondary N) is 1. The zero-order valence-electron chi connectivity index (χ0n) is 18.1. The summed E-state index contributed by atoms with van der Waals surface area (Å²) in [6.45, 7) is 9.32. The molecule has 0 bridgehead atoms. The van der Waals surface area contributed by atoms with Crippen molar-refractivity contribution in [3.63, 3.8) is 0 Å². The topological polar surface area (TPSA) is 68.6 Å². The number of fused-ring (bicyclic) bond motifs is 1. The predicted octanol–water partition coefficient (Wildman–Crippen LogP) is 3.87. The molecule has 156 valence electrons. The zero-order chi connectivity index (χ0) is 21.4. The maximum absolute atomic E-state index is 12.8. The molecule has 30 heavy (non-hydrogen) atoms. The summed E-state index contributed by atoms with van der Waals surface area (Å²) < 4.78 is 13.0. The average Bonchev–Trinajstić information content (AvgIpc) is 2.72. The average molecular weight is 405 g/mol. The molecule has 0 fully saturated rings. The number of rotatable bonds is 3. The smallest absolute Gasteiger partial charge is 0.327 e. The van der Waals surface area contributed by atoms with E-state index >= 15 is 0 Å². The number of aromatic nitrogens is 2. The molecule has 0 saturated carbocycles. The minimum atomic E-state index is -0.210. The molecule has 4 rings (SSSR count). The van der Waals surface area contributed by atoms with Gasteiger partial charge in [0.1, 0.15) is 18.7 Å². The van der Waals surface area contributed by atoms with Gasteiger partial charge in [0.2, 0.25) is 0 Å². The Labute approximate surface area is 175 Å². The number of H-pyrrole nitrogens is 1. The van der Waals surface area contributed by atoms with Gasteiger partial charge < -0.3 is 14.5 Å². The summed E-state index contributed by atoms with van der Waals surface area (Å²) >= 11 is 0. The van der Waals surface area contributed by atoms with Crippen molar-refractivity contribution in [1.29, 1.82) is 0 Å². The predicted molar refractivity (Wildman–Crippen MR) is 118 cm³/mol. The summed E-state index contributed by atoms with van der Waals surface area (Å²) in [5.74, 6) is 1.42. The highest BCUT2D eigenvalue weighted by Crippen LogP contribution is 2.34. The molecule has 0 aliphatic carbocycles. The van der Waals surface area contributed by atoms with E-state index in [0.29, 0.717) is 24.5 Å². The van der Waals surface area contributed by atoms with Crippen molar-refractivity contribution in [2.75, 3.05) is 13.2 Å². The van der Waals surface area contributed by atoms with E-state index in [0.717, 1.165) is 45.8 Å². The summed E-state index contributed by atoms with van der Waals surface area (Å²) in [6, 6.07) is 9.99. The van der Waals surface area contributed by atoms with Gasteiger partial charge in [0.05, 0.1) is 11.4 Å². The Hall–Kier alpha value is -3.28. The van der Waals surface area contributed by atoms with Crippen LogP contribution in [0.5, 0.6) is 11.5 Å². The lowest BCUT2D eigenvalue weighted by Gasteiger charge is -2.19. The van der Waals surface area contributed by atoms with Crippen LogP contribution in [0, 0.1) is 20.8 Å². The van der Waals surface area contributed by atoms with E-state index in [1.165, 1.54) is 5.56 Å². The molecule has 0 unspecified atom stereocenters. The fraction of sp³-hybridized carbons (Fsp3) is 0.333. The third-order valence-electron chi connectivity index (χ3n) is 5.46. The van der Waals surface area contributed by atoms with Gasteiger partial charge in [-0.25, -0.2) is 9.79 Å². The van der Waals surface area contributed by atoms with Crippen LogP contribution in [0.15, 0.2) is 40.1 Å². The summed E-state index contributed by atoms with van der Waals surface area (Å²) in [7, 11) is 1.75. The fourth-order valence-corrected chi connectivity index (χ4v) is 4.05. The molecule has 1 aliphatic heterocycles. The number of benzene rings is 2. The van der Waals surface area contributed by atoms with Crippen LogP contribution in [0.2, 0.25) is 0 Å². The summed E-state index contributed by atoms with van der Waals surface area (Å²) in [5, 5.41) is 0. The molecule has 2 aromatic carbocycles. The highest BCUT2D eigenvalue weighted by molar-refractivity contribution is 5.67. The van der Waals surface area contributed by atoms with Crippen LogP contribution >= 0.6 is 0 Å². The molecule has 1 aromatic heterocycles. The van der Waals surface area contributed by atoms with Crippen LogP contribution in [-0.2, 0) is 13.5 Å². The highest BCUT2D eigenvalue weighted by Gasteiger charge is 2.17. The largest absolute Gasteiger partial charge is 0.486 e. The maximum atomic E-state index is 12.8. The lowest BCUT2D eigenvalue weighted by atomic mass is 10.0. The van der Waals surface area contributed by atoms with Gasteiger partial charge in [-0.2, -0.15) is 0 Å². The van der Waals surface area contributed by atoms with E-state index in [1.807, 2.05) is 18.2 Å². The van der Waals surface area contributed by atoms with Gasteiger partial charge in [0, 0.05) is 18.2 Å². The van der Waals surface area contributed by atoms with E-state index in [4.69, 9.17) is 14.5 Å². The molecule has 2 heterocycles. The first-order valence-electron chi connectivity index (χ1n) is 10.2. The second kappa shape index (κ2) is 7.86. The van der Waals surface area contributed by atoms with Gasteiger partial charge in [-0.1, -0.05) is 24.6 Å². The van der Waals surface area contributed by atoms with Gasteiger partial charge in [-0.15, -0.1) is 0 Å². The van der Waals surface area contributed by atoms with Gasteiger partial charge in [-0.3, -0.25) is 4.57 Å².